The third kappa shape index (κ3) is 18.3. The van der Waals surface area contributed by atoms with Crippen LogP contribution in [0.25, 0.3) is 0 Å². The maximum atomic E-state index is 11.9. The molecule has 0 aromatic heterocycles. The van der Waals surface area contributed by atoms with Crippen molar-refractivity contribution in [2.75, 3.05) is 19.9 Å². The van der Waals surface area contributed by atoms with Gasteiger partial charge in [0.25, 0.3) is 0 Å². The number of aldehydes is 1. The number of hydrogen-bond acceptors (Lipinski definition) is 7. The number of carbonyl (C=O) groups is 1. The zero-order valence-electron chi connectivity index (χ0n) is 30.8. The van der Waals surface area contributed by atoms with Gasteiger partial charge in [-0.15, -0.1) is 36.4 Å². The summed E-state index contributed by atoms with van der Waals surface area (Å²) in [5.74, 6) is 2.52. The lowest BCUT2D eigenvalue weighted by Crippen LogP contribution is -2.20. The first-order valence-corrected chi connectivity index (χ1v) is 19.0. The summed E-state index contributed by atoms with van der Waals surface area (Å²) in [6.45, 7) is 15.7. The zero-order chi connectivity index (χ0) is 36.6. The minimum absolute atomic E-state index is 0.0892. The van der Waals surface area contributed by atoms with Crippen LogP contribution in [0.15, 0.2) is 106 Å². The fourth-order valence-electron chi connectivity index (χ4n) is 5.03. The molecule has 7 heteroatoms. The molecular formula is C41H62N2O3S2. The summed E-state index contributed by atoms with van der Waals surface area (Å²) in [6.07, 6.45) is 29.7. The van der Waals surface area contributed by atoms with Crippen LogP contribution in [-0.4, -0.2) is 42.4 Å². The lowest BCUT2D eigenvalue weighted by atomic mass is 9.86. The number of nitrogens with one attached hydrogen (secondary N) is 1. The van der Waals surface area contributed by atoms with Crippen LogP contribution in [0.3, 0.4) is 0 Å². The second-order valence-electron chi connectivity index (χ2n) is 10.1. The number of oxime groups is 1. The smallest absolute Gasteiger partial charge is 0.133 e. The first kappa shape index (κ1) is 46.8. The van der Waals surface area contributed by atoms with E-state index in [1.165, 1.54) is 9.80 Å². The first-order valence-electron chi connectivity index (χ1n) is 17.1. The molecule has 0 bridgehead atoms. The number of thioether (sulfide) groups is 2. The molecule has 3 unspecified atom stereocenters. The molecule has 0 spiro atoms. The Morgan fingerprint density at radius 2 is 1.88 bits per heavy atom. The van der Waals surface area contributed by atoms with Gasteiger partial charge < -0.3 is 20.1 Å². The number of benzene rings is 1. The predicted octanol–water partition coefficient (Wildman–Crippen LogP) is 11.2. The number of likely N-dealkylation sites (N-methyl/N-ethyl adjacent to an activating group) is 1. The van der Waals surface area contributed by atoms with Gasteiger partial charge in [-0.2, -0.15) is 0 Å². The Kier molecular flexibility index (Phi) is 31.4. The minimum atomic E-state index is -0.0892. The number of fused-ring (bicyclic) bond motifs is 1. The lowest BCUT2D eigenvalue weighted by Gasteiger charge is -2.19. The minimum Gasteiger partial charge on any atom is -0.501 e. The van der Waals surface area contributed by atoms with Crippen molar-refractivity contribution in [1.29, 1.82) is 0 Å². The van der Waals surface area contributed by atoms with Crippen molar-refractivity contribution >= 4 is 35.5 Å². The van der Waals surface area contributed by atoms with E-state index in [1.54, 1.807) is 36.7 Å². The van der Waals surface area contributed by atoms with Crippen LogP contribution in [0.2, 0.25) is 0 Å². The van der Waals surface area contributed by atoms with Crippen molar-refractivity contribution in [1.82, 2.24) is 5.32 Å². The van der Waals surface area contributed by atoms with E-state index in [0.717, 1.165) is 79.7 Å². The molecule has 1 fully saturated rings. The van der Waals surface area contributed by atoms with E-state index < -0.39 is 0 Å². The number of rotatable bonds is 14. The maximum Gasteiger partial charge on any atom is 0.133 e. The van der Waals surface area contributed by atoms with E-state index in [4.69, 9.17) is 4.74 Å². The molecule has 1 saturated carbocycles. The fraction of sp³-hybridized carbons (Fsp3) is 0.463. The topological polar surface area (TPSA) is 70.9 Å². The van der Waals surface area contributed by atoms with E-state index in [9.17, 15) is 10.0 Å². The third-order valence-electron chi connectivity index (χ3n) is 7.30. The van der Waals surface area contributed by atoms with Gasteiger partial charge in [-0.05, 0) is 69.1 Å². The Labute approximate surface area is 302 Å². The number of terminal acetylenes is 1. The molecule has 3 atom stereocenters. The van der Waals surface area contributed by atoms with Crippen molar-refractivity contribution in [2.24, 2.45) is 17.0 Å². The summed E-state index contributed by atoms with van der Waals surface area (Å²) in [6, 6.07) is 10.5. The lowest BCUT2D eigenvalue weighted by molar-refractivity contribution is -0.108. The van der Waals surface area contributed by atoms with Crippen molar-refractivity contribution in [3.8, 4) is 12.8 Å². The highest BCUT2D eigenvalue weighted by molar-refractivity contribution is 8.23. The van der Waals surface area contributed by atoms with Gasteiger partial charge in [0.15, 0.2) is 0 Å². The molecule has 5 nitrogen and oxygen atoms in total. The van der Waals surface area contributed by atoms with Crippen LogP contribution >= 0.6 is 23.5 Å². The first-order chi connectivity index (χ1) is 23.5. The molecule has 1 aromatic carbocycles. The second-order valence-corrected chi connectivity index (χ2v) is 12.6. The number of allylic oxidation sites excluding steroid dienone is 8. The standard InChI is InChI=1S/C26H33NO3S2.C9H15N.2C2H6.C2H2/c1-3-21(30-2)12-8-7-11-20-13-14-23(27-29)25-22(17-20)24(18-28)32-26(25)31-16-15-19-9-5-4-6-10-19;1-4-6-8-9(10-3)7-5-2;3*1-2/h3-10,18,20,22,24,29H,11-17H2,1-2H3;4,6-8,10H,1,5H2,2-3H3;2*1-2H3;1-2H/b8-7-,21-3+,27-23+;8-6-,9-7+;;;. The molecule has 266 valence electrons. The third-order valence-corrected chi connectivity index (χ3v) is 9.98. The average molecular weight is 695 g/mol. The summed E-state index contributed by atoms with van der Waals surface area (Å²) < 4.78 is 6.49. The molecule has 3 rings (SSSR count). The van der Waals surface area contributed by atoms with Gasteiger partial charge in [0.05, 0.1) is 23.8 Å². The summed E-state index contributed by atoms with van der Waals surface area (Å²) in [5.41, 5.74) is 4.35. The van der Waals surface area contributed by atoms with E-state index >= 15 is 0 Å². The Balaban J connectivity index is 0. The Morgan fingerprint density at radius 1 is 1.19 bits per heavy atom. The van der Waals surface area contributed by atoms with Gasteiger partial charge in [0.1, 0.15) is 6.29 Å². The van der Waals surface area contributed by atoms with Gasteiger partial charge in [-0.25, -0.2) is 0 Å². The van der Waals surface area contributed by atoms with Gasteiger partial charge >= 0.3 is 0 Å². The van der Waals surface area contributed by atoms with E-state index in [0.29, 0.717) is 5.92 Å². The normalized spacial score (nSPS) is 19.6. The maximum absolute atomic E-state index is 11.9. The molecule has 1 aromatic rings. The Bertz CT molecular complexity index is 1190. The SMILES string of the molecule is C#C.C/C=C(\C/C=C\CC1CC/C(=N\O)C2=C(SCCc3ccccc3)SC(C=O)C2C1)OC.C=C/C=C\C(=C/CC)NC.CC.CC. The van der Waals surface area contributed by atoms with Crippen LogP contribution in [-0.2, 0) is 16.0 Å². The molecule has 2 N–H and O–H groups in total. The molecule has 1 aliphatic heterocycles. The van der Waals surface area contributed by atoms with Gasteiger partial charge in [-0.1, -0.05) is 107 Å². The molecule has 0 radical (unpaired) electrons. The van der Waals surface area contributed by atoms with Gasteiger partial charge in [0, 0.05) is 40.6 Å². The van der Waals surface area contributed by atoms with Crippen molar-refractivity contribution < 1.29 is 14.7 Å². The molecule has 0 saturated heterocycles. The highest BCUT2D eigenvalue weighted by atomic mass is 32.2. The summed E-state index contributed by atoms with van der Waals surface area (Å²) in [5, 5.41) is 16.4. The molecule has 0 amide bonds. The average Bonchev–Trinajstić information content (AvgIpc) is 3.38. The van der Waals surface area contributed by atoms with Gasteiger partial charge in [0.2, 0.25) is 0 Å². The molecule has 2 aliphatic rings. The van der Waals surface area contributed by atoms with Gasteiger partial charge in [-0.3, -0.25) is 0 Å². The van der Waals surface area contributed by atoms with Crippen LogP contribution in [0.4, 0.5) is 0 Å². The summed E-state index contributed by atoms with van der Waals surface area (Å²) in [7, 11) is 3.61. The highest BCUT2D eigenvalue weighted by Crippen LogP contribution is 2.52. The highest BCUT2D eigenvalue weighted by Gasteiger charge is 2.41. The van der Waals surface area contributed by atoms with Crippen molar-refractivity contribution in [3.63, 3.8) is 0 Å². The van der Waals surface area contributed by atoms with Crippen LogP contribution in [0, 0.1) is 24.7 Å². The number of carbonyl (C=O) groups excluding carboxylic acids is 1. The van der Waals surface area contributed by atoms with E-state index in [2.05, 4.69) is 79.3 Å². The Hall–Kier alpha value is -3.34. The molecular weight excluding hydrogens is 633 g/mol. The summed E-state index contributed by atoms with van der Waals surface area (Å²) >= 11 is 3.46. The van der Waals surface area contributed by atoms with E-state index in [-0.39, 0.29) is 11.2 Å². The zero-order valence-corrected chi connectivity index (χ0v) is 32.4. The largest absolute Gasteiger partial charge is 0.501 e. The predicted molar refractivity (Wildman–Crippen MR) is 216 cm³/mol. The molecule has 1 heterocycles. The Morgan fingerprint density at radius 3 is 2.42 bits per heavy atom. The monoisotopic (exact) mass is 694 g/mol. The fourth-order valence-corrected chi connectivity index (χ4v) is 7.95. The molecule has 48 heavy (non-hydrogen) atoms. The second kappa shape index (κ2) is 32.2. The van der Waals surface area contributed by atoms with Crippen LogP contribution in [0.5, 0.6) is 0 Å². The number of aryl methyl sites for hydroxylation is 1. The molecule has 1 aliphatic carbocycles. The number of nitrogens with zero attached hydrogens (tertiary/aromatic N) is 1. The van der Waals surface area contributed by atoms with Crippen molar-refractivity contribution in [2.45, 2.75) is 91.7 Å². The number of ether oxygens (including phenoxy) is 1. The summed E-state index contributed by atoms with van der Waals surface area (Å²) in [4.78, 5) is 11.9. The van der Waals surface area contributed by atoms with Crippen molar-refractivity contribution in [3.05, 3.63) is 106 Å². The van der Waals surface area contributed by atoms with Crippen LogP contribution in [0.1, 0.15) is 85.6 Å². The van der Waals surface area contributed by atoms with E-state index in [1.807, 2.05) is 66.0 Å². The quantitative estimate of drug-likeness (QED) is 0.0384. The van der Waals surface area contributed by atoms with Crippen LogP contribution < -0.4 is 5.32 Å². The number of hydrogen-bond donors (Lipinski definition) is 2. The number of methoxy groups -OCH3 is 1.